The molecule has 7 heteroatoms. The molecule has 2 aliphatic heterocycles. The van der Waals surface area contributed by atoms with Gasteiger partial charge in [-0.25, -0.2) is 4.98 Å². The summed E-state index contributed by atoms with van der Waals surface area (Å²) in [6.45, 7) is 6.60. The third-order valence-corrected chi connectivity index (χ3v) is 6.24. The second-order valence-electron chi connectivity index (χ2n) is 8.29. The summed E-state index contributed by atoms with van der Waals surface area (Å²) < 4.78 is 8.17. The Hall–Kier alpha value is -2.69. The second kappa shape index (κ2) is 8.99. The SMILES string of the molecule is CCCCN1COC2(CCN(Cc3cncn3Cc3ccc(C#N)cc3)CC2)C1=O. The van der Waals surface area contributed by atoms with E-state index < -0.39 is 5.60 Å². The van der Waals surface area contributed by atoms with Crippen molar-refractivity contribution in [1.82, 2.24) is 19.4 Å². The molecule has 1 spiro atoms. The maximum atomic E-state index is 12.9. The Morgan fingerprint density at radius 1 is 1.20 bits per heavy atom. The molecule has 0 bridgehead atoms. The Labute approximate surface area is 177 Å². The van der Waals surface area contributed by atoms with Crippen LogP contribution in [0.1, 0.15) is 49.4 Å². The fraction of sp³-hybridized carbons (Fsp3) is 0.522. The lowest BCUT2D eigenvalue weighted by atomic mass is 9.90. The molecule has 30 heavy (non-hydrogen) atoms. The van der Waals surface area contributed by atoms with E-state index in [9.17, 15) is 4.79 Å². The number of aromatic nitrogens is 2. The van der Waals surface area contributed by atoms with Crippen molar-refractivity contribution in [1.29, 1.82) is 5.26 Å². The molecule has 0 aliphatic carbocycles. The van der Waals surface area contributed by atoms with Crippen molar-refractivity contribution in [2.45, 2.75) is 51.3 Å². The van der Waals surface area contributed by atoms with E-state index in [1.807, 2.05) is 41.7 Å². The molecular formula is C23H29N5O2. The van der Waals surface area contributed by atoms with Crippen LogP contribution in [-0.4, -0.2) is 57.2 Å². The minimum absolute atomic E-state index is 0.182. The highest BCUT2D eigenvalue weighted by atomic mass is 16.5. The van der Waals surface area contributed by atoms with Gasteiger partial charge in [0.1, 0.15) is 6.73 Å². The van der Waals surface area contributed by atoms with Gasteiger partial charge in [-0.05, 0) is 37.0 Å². The standard InChI is InChI=1S/C23H29N5O2/c1-2-3-10-27-18-30-23(22(27)29)8-11-26(12-9-23)16-21-14-25-17-28(21)15-20-6-4-19(13-24)5-7-20/h4-7,14,17H,2-3,8-12,15-16,18H2,1H3. The largest absolute Gasteiger partial charge is 0.345 e. The summed E-state index contributed by atoms with van der Waals surface area (Å²) in [6.07, 6.45) is 7.38. The summed E-state index contributed by atoms with van der Waals surface area (Å²) in [5.41, 5.74) is 2.36. The average molecular weight is 408 g/mol. The van der Waals surface area contributed by atoms with Gasteiger partial charge in [0.15, 0.2) is 5.60 Å². The monoisotopic (exact) mass is 407 g/mol. The van der Waals surface area contributed by atoms with Gasteiger partial charge in [0, 0.05) is 38.9 Å². The normalized spacial score (nSPS) is 18.8. The molecular weight excluding hydrogens is 378 g/mol. The molecule has 4 rings (SSSR count). The zero-order valence-corrected chi connectivity index (χ0v) is 17.6. The number of piperidine rings is 1. The average Bonchev–Trinajstić information content (AvgIpc) is 3.33. The van der Waals surface area contributed by atoms with Gasteiger partial charge in [-0.15, -0.1) is 0 Å². The highest BCUT2D eigenvalue weighted by Gasteiger charge is 2.49. The predicted octanol–water partition coefficient (Wildman–Crippen LogP) is 2.75. The fourth-order valence-electron chi connectivity index (χ4n) is 4.29. The minimum Gasteiger partial charge on any atom is -0.345 e. The van der Waals surface area contributed by atoms with E-state index in [1.54, 1.807) is 0 Å². The van der Waals surface area contributed by atoms with Crippen LogP contribution in [0.4, 0.5) is 0 Å². The summed E-state index contributed by atoms with van der Waals surface area (Å²) >= 11 is 0. The summed E-state index contributed by atoms with van der Waals surface area (Å²) in [5, 5.41) is 8.95. The van der Waals surface area contributed by atoms with Gasteiger partial charge in [-0.2, -0.15) is 5.26 Å². The molecule has 7 nitrogen and oxygen atoms in total. The number of carbonyl (C=O) groups excluding carboxylic acids is 1. The lowest BCUT2D eigenvalue weighted by Crippen LogP contribution is -2.50. The van der Waals surface area contributed by atoms with E-state index in [4.69, 9.17) is 10.00 Å². The van der Waals surface area contributed by atoms with E-state index in [2.05, 4.69) is 27.4 Å². The molecule has 1 aromatic carbocycles. The molecule has 0 saturated carbocycles. The van der Waals surface area contributed by atoms with Gasteiger partial charge >= 0.3 is 0 Å². The quantitative estimate of drug-likeness (QED) is 0.706. The van der Waals surface area contributed by atoms with Gasteiger partial charge in [0.25, 0.3) is 5.91 Å². The maximum absolute atomic E-state index is 12.9. The Bertz CT molecular complexity index is 906. The van der Waals surface area contributed by atoms with E-state index >= 15 is 0 Å². The van der Waals surface area contributed by atoms with Crippen LogP contribution in [0.5, 0.6) is 0 Å². The van der Waals surface area contributed by atoms with Crippen molar-refractivity contribution in [2.24, 2.45) is 0 Å². The summed E-state index contributed by atoms with van der Waals surface area (Å²) in [5.74, 6) is 0.182. The Morgan fingerprint density at radius 2 is 1.97 bits per heavy atom. The molecule has 2 fully saturated rings. The van der Waals surface area contributed by atoms with Gasteiger partial charge in [0.05, 0.1) is 23.7 Å². The van der Waals surface area contributed by atoms with E-state index in [0.29, 0.717) is 12.3 Å². The molecule has 0 radical (unpaired) electrons. The smallest absolute Gasteiger partial charge is 0.256 e. The Kier molecular flexibility index (Phi) is 6.16. The number of unbranched alkanes of at least 4 members (excludes halogenated alkanes) is 1. The Balaban J connectivity index is 1.33. The zero-order chi connectivity index (χ0) is 21.0. The summed E-state index contributed by atoms with van der Waals surface area (Å²) in [4.78, 5) is 21.5. The lowest BCUT2D eigenvalue weighted by Gasteiger charge is -2.36. The third kappa shape index (κ3) is 4.25. The third-order valence-electron chi connectivity index (χ3n) is 6.24. The van der Waals surface area contributed by atoms with Crippen molar-refractivity contribution in [3.05, 3.63) is 53.6 Å². The molecule has 158 valence electrons. The molecule has 2 aliphatic rings. The van der Waals surface area contributed by atoms with Crippen molar-refractivity contribution in [2.75, 3.05) is 26.4 Å². The maximum Gasteiger partial charge on any atom is 0.256 e. The predicted molar refractivity (Wildman–Crippen MR) is 112 cm³/mol. The number of nitrogens with zero attached hydrogens (tertiary/aromatic N) is 5. The zero-order valence-electron chi connectivity index (χ0n) is 17.6. The van der Waals surface area contributed by atoms with Crippen molar-refractivity contribution in [3.8, 4) is 6.07 Å². The number of imidazole rings is 1. The van der Waals surface area contributed by atoms with Crippen LogP contribution < -0.4 is 0 Å². The number of likely N-dealkylation sites (tertiary alicyclic amines) is 1. The van der Waals surface area contributed by atoms with Crippen LogP contribution in [0.25, 0.3) is 0 Å². The first-order chi connectivity index (χ1) is 14.6. The highest BCUT2D eigenvalue weighted by Crippen LogP contribution is 2.34. The molecule has 1 amide bonds. The first-order valence-corrected chi connectivity index (χ1v) is 10.8. The number of hydrogen-bond acceptors (Lipinski definition) is 5. The number of benzene rings is 1. The number of nitriles is 1. The van der Waals surface area contributed by atoms with Crippen LogP contribution in [0.2, 0.25) is 0 Å². The molecule has 3 heterocycles. The number of amides is 1. The highest BCUT2D eigenvalue weighted by molar-refractivity contribution is 5.86. The lowest BCUT2D eigenvalue weighted by molar-refractivity contribution is -0.141. The topological polar surface area (TPSA) is 74.4 Å². The van der Waals surface area contributed by atoms with Crippen LogP contribution in [0.15, 0.2) is 36.8 Å². The van der Waals surface area contributed by atoms with Crippen LogP contribution in [0.3, 0.4) is 0 Å². The summed E-state index contributed by atoms with van der Waals surface area (Å²) in [6, 6.07) is 9.82. The summed E-state index contributed by atoms with van der Waals surface area (Å²) in [7, 11) is 0. The van der Waals surface area contributed by atoms with Crippen molar-refractivity contribution in [3.63, 3.8) is 0 Å². The van der Waals surface area contributed by atoms with E-state index in [0.717, 1.165) is 69.7 Å². The molecule has 2 aromatic rings. The van der Waals surface area contributed by atoms with E-state index in [-0.39, 0.29) is 5.91 Å². The molecule has 2 saturated heterocycles. The minimum atomic E-state index is -0.604. The van der Waals surface area contributed by atoms with Gasteiger partial charge in [-0.3, -0.25) is 9.69 Å². The molecule has 0 N–H and O–H groups in total. The van der Waals surface area contributed by atoms with Gasteiger partial charge in [0.2, 0.25) is 0 Å². The van der Waals surface area contributed by atoms with Gasteiger partial charge in [-0.1, -0.05) is 25.5 Å². The molecule has 1 aromatic heterocycles. The van der Waals surface area contributed by atoms with Crippen LogP contribution in [-0.2, 0) is 22.6 Å². The number of rotatable bonds is 7. The number of hydrogen-bond donors (Lipinski definition) is 0. The van der Waals surface area contributed by atoms with Crippen LogP contribution >= 0.6 is 0 Å². The first-order valence-electron chi connectivity index (χ1n) is 10.8. The second-order valence-corrected chi connectivity index (χ2v) is 8.29. The number of carbonyl (C=O) groups is 1. The van der Waals surface area contributed by atoms with Crippen LogP contribution in [0, 0.1) is 11.3 Å². The van der Waals surface area contributed by atoms with Crippen molar-refractivity contribution >= 4 is 5.91 Å². The van der Waals surface area contributed by atoms with Crippen molar-refractivity contribution < 1.29 is 9.53 Å². The Morgan fingerprint density at radius 3 is 2.67 bits per heavy atom. The van der Waals surface area contributed by atoms with E-state index in [1.165, 1.54) is 0 Å². The molecule has 0 atom stereocenters. The van der Waals surface area contributed by atoms with Gasteiger partial charge < -0.3 is 14.2 Å². The molecule has 0 unspecified atom stereocenters. The first kappa shape index (κ1) is 20.6. The fourth-order valence-corrected chi connectivity index (χ4v) is 4.29. The number of ether oxygens (including phenoxy) is 1.